The fraction of sp³-hybridized carbons (Fsp3) is 0.125. The van der Waals surface area contributed by atoms with Crippen molar-refractivity contribution >= 4 is 11.7 Å². The quantitative estimate of drug-likeness (QED) is 0.671. The molecule has 3 nitrogen and oxygen atoms in total. The molecule has 0 aliphatic heterocycles. The summed E-state index contributed by atoms with van der Waals surface area (Å²) < 4.78 is 0. The van der Waals surface area contributed by atoms with Crippen molar-refractivity contribution in [2.24, 2.45) is 0 Å². The van der Waals surface area contributed by atoms with Crippen LogP contribution in [0.4, 0.5) is 0 Å². The Bertz CT molecular complexity index is 564. The summed E-state index contributed by atoms with van der Waals surface area (Å²) in [6.07, 6.45) is 0. The third-order valence-electron chi connectivity index (χ3n) is 2.96. The summed E-state index contributed by atoms with van der Waals surface area (Å²) in [5, 5.41) is 2.55. The van der Waals surface area contributed by atoms with Crippen LogP contribution in [0, 0.1) is 0 Å². The Morgan fingerprint density at radius 1 is 0.895 bits per heavy atom. The van der Waals surface area contributed by atoms with E-state index < -0.39 is 5.92 Å². The van der Waals surface area contributed by atoms with Gasteiger partial charge in [0.2, 0.25) is 5.91 Å². The number of rotatable bonds is 4. The lowest BCUT2D eigenvalue weighted by molar-refractivity contribution is -0.121. The third kappa shape index (κ3) is 2.88. The molecule has 0 bridgehead atoms. The van der Waals surface area contributed by atoms with Crippen LogP contribution in [0.3, 0.4) is 0 Å². The molecule has 0 spiro atoms. The van der Waals surface area contributed by atoms with Gasteiger partial charge in [-0.3, -0.25) is 9.59 Å². The second-order valence-electron chi connectivity index (χ2n) is 4.19. The van der Waals surface area contributed by atoms with Crippen LogP contribution in [0.15, 0.2) is 60.7 Å². The third-order valence-corrected chi connectivity index (χ3v) is 2.96. The zero-order valence-electron chi connectivity index (χ0n) is 10.7. The molecular weight excluding hydrogens is 238 g/mol. The molecule has 0 aliphatic carbocycles. The molecule has 1 unspecified atom stereocenters. The molecule has 3 heteroatoms. The molecule has 0 aromatic heterocycles. The van der Waals surface area contributed by atoms with E-state index in [1.54, 1.807) is 36.4 Å². The predicted molar refractivity (Wildman–Crippen MR) is 74.0 cm³/mol. The van der Waals surface area contributed by atoms with Crippen LogP contribution in [-0.2, 0) is 4.79 Å². The lowest BCUT2D eigenvalue weighted by Gasteiger charge is -2.14. The zero-order chi connectivity index (χ0) is 13.7. The van der Waals surface area contributed by atoms with E-state index in [1.807, 2.05) is 24.3 Å². The Kier molecular flexibility index (Phi) is 4.08. The van der Waals surface area contributed by atoms with Crippen molar-refractivity contribution in [2.75, 3.05) is 7.05 Å². The van der Waals surface area contributed by atoms with Crippen molar-refractivity contribution in [3.63, 3.8) is 0 Å². The van der Waals surface area contributed by atoms with E-state index in [0.29, 0.717) is 11.1 Å². The van der Waals surface area contributed by atoms with Gasteiger partial charge in [0.25, 0.3) is 0 Å². The fourth-order valence-electron chi connectivity index (χ4n) is 1.98. The van der Waals surface area contributed by atoms with Crippen LogP contribution in [0.5, 0.6) is 0 Å². The molecule has 2 aromatic rings. The molecule has 1 N–H and O–H groups in total. The molecule has 0 fully saturated rings. The SMILES string of the molecule is CNC(=O)C(C(=O)c1ccccc1)c1ccccc1. The lowest BCUT2D eigenvalue weighted by atomic mass is 9.90. The Morgan fingerprint density at radius 3 is 1.95 bits per heavy atom. The summed E-state index contributed by atoms with van der Waals surface area (Å²) >= 11 is 0. The summed E-state index contributed by atoms with van der Waals surface area (Å²) in [4.78, 5) is 24.5. The van der Waals surface area contributed by atoms with Crippen molar-refractivity contribution in [1.82, 2.24) is 5.32 Å². The van der Waals surface area contributed by atoms with Gasteiger partial charge in [-0.05, 0) is 5.56 Å². The van der Waals surface area contributed by atoms with Crippen molar-refractivity contribution in [3.8, 4) is 0 Å². The molecule has 2 aromatic carbocycles. The van der Waals surface area contributed by atoms with Gasteiger partial charge in [0, 0.05) is 12.6 Å². The van der Waals surface area contributed by atoms with Crippen LogP contribution in [-0.4, -0.2) is 18.7 Å². The lowest BCUT2D eigenvalue weighted by Crippen LogP contribution is -2.31. The Labute approximate surface area is 112 Å². The molecule has 0 saturated carbocycles. The summed E-state index contributed by atoms with van der Waals surface area (Å²) in [6.45, 7) is 0. The Hall–Kier alpha value is -2.42. The van der Waals surface area contributed by atoms with Crippen molar-refractivity contribution in [1.29, 1.82) is 0 Å². The van der Waals surface area contributed by atoms with Crippen LogP contribution < -0.4 is 5.32 Å². The van der Waals surface area contributed by atoms with Gasteiger partial charge in [0.15, 0.2) is 5.78 Å². The minimum atomic E-state index is -0.798. The van der Waals surface area contributed by atoms with Crippen molar-refractivity contribution in [3.05, 3.63) is 71.8 Å². The Balaban J connectivity index is 2.40. The highest BCUT2D eigenvalue weighted by atomic mass is 16.2. The van der Waals surface area contributed by atoms with Crippen LogP contribution >= 0.6 is 0 Å². The van der Waals surface area contributed by atoms with E-state index in [2.05, 4.69) is 5.32 Å². The van der Waals surface area contributed by atoms with Crippen LogP contribution in [0.1, 0.15) is 21.8 Å². The maximum Gasteiger partial charge on any atom is 0.235 e. The number of amides is 1. The average Bonchev–Trinajstić information content (AvgIpc) is 2.49. The second-order valence-corrected chi connectivity index (χ2v) is 4.19. The summed E-state index contributed by atoms with van der Waals surface area (Å²) in [5.41, 5.74) is 1.25. The van der Waals surface area contributed by atoms with Gasteiger partial charge >= 0.3 is 0 Å². The topological polar surface area (TPSA) is 46.2 Å². The Morgan fingerprint density at radius 2 is 1.42 bits per heavy atom. The van der Waals surface area contributed by atoms with Crippen molar-refractivity contribution in [2.45, 2.75) is 5.92 Å². The van der Waals surface area contributed by atoms with E-state index >= 15 is 0 Å². The number of Topliss-reactive ketones (excluding diaryl/α,β-unsaturated/α-hetero) is 1. The fourth-order valence-corrected chi connectivity index (χ4v) is 1.98. The van der Waals surface area contributed by atoms with Gasteiger partial charge in [0.1, 0.15) is 5.92 Å². The zero-order valence-corrected chi connectivity index (χ0v) is 10.7. The van der Waals surface area contributed by atoms with E-state index in [0.717, 1.165) is 0 Å². The number of carbonyl (C=O) groups is 2. The molecule has 2 rings (SSSR count). The molecule has 0 aliphatic rings. The monoisotopic (exact) mass is 253 g/mol. The van der Waals surface area contributed by atoms with Crippen molar-refractivity contribution < 1.29 is 9.59 Å². The second kappa shape index (κ2) is 5.96. The first-order valence-corrected chi connectivity index (χ1v) is 6.10. The minimum absolute atomic E-state index is 0.189. The van der Waals surface area contributed by atoms with E-state index in [4.69, 9.17) is 0 Å². The average molecular weight is 253 g/mol. The van der Waals surface area contributed by atoms with E-state index in [9.17, 15) is 9.59 Å². The highest BCUT2D eigenvalue weighted by Gasteiger charge is 2.28. The highest BCUT2D eigenvalue weighted by Crippen LogP contribution is 2.21. The molecule has 19 heavy (non-hydrogen) atoms. The molecular formula is C16H15NO2. The molecule has 0 radical (unpaired) electrons. The molecule has 1 amide bonds. The van der Waals surface area contributed by atoms with E-state index in [1.165, 1.54) is 7.05 Å². The molecule has 1 atom stereocenters. The van der Waals surface area contributed by atoms with Crippen LogP contribution in [0.25, 0.3) is 0 Å². The van der Waals surface area contributed by atoms with Crippen LogP contribution in [0.2, 0.25) is 0 Å². The van der Waals surface area contributed by atoms with E-state index in [-0.39, 0.29) is 11.7 Å². The first-order chi connectivity index (χ1) is 9.24. The van der Waals surface area contributed by atoms with Gasteiger partial charge in [0.05, 0.1) is 0 Å². The number of likely N-dealkylation sites (N-methyl/N-ethyl adjacent to an activating group) is 1. The summed E-state index contributed by atoms with van der Waals surface area (Å²) in [6, 6.07) is 18.0. The highest BCUT2D eigenvalue weighted by molar-refractivity contribution is 6.14. The van der Waals surface area contributed by atoms with Gasteiger partial charge in [-0.25, -0.2) is 0 Å². The van der Waals surface area contributed by atoms with Gasteiger partial charge < -0.3 is 5.32 Å². The number of ketones is 1. The predicted octanol–water partition coefficient (Wildman–Crippen LogP) is 2.40. The molecule has 96 valence electrons. The summed E-state index contributed by atoms with van der Waals surface area (Å²) in [5.74, 6) is -1.28. The maximum absolute atomic E-state index is 12.5. The smallest absolute Gasteiger partial charge is 0.235 e. The summed E-state index contributed by atoms with van der Waals surface area (Å²) in [7, 11) is 1.54. The number of hydrogen-bond donors (Lipinski definition) is 1. The standard InChI is InChI=1S/C16H15NO2/c1-17-16(19)14(12-8-4-2-5-9-12)15(18)13-10-6-3-7-11-13/h2-11,14H,1H3,(H,17,19). The maximum atomic E-state index is 12.5. The van der Waals surface area contributed by atoms with Gasteiger partial charge in [-0.1, -0.05) is 60.7 Å². The first-order valence-electron chi connectivity index (χ1n) is 6.10. The number of nitrogens with one attached hydrogen (secondary N) is 1. The first kappa shape index (κ1) is 13.0. The van der Waals surface area contributed by atoms with Gasteiger partial charge in [-0.15, -0.1) is 0 Å². The normalized spacial score (nSPS) is 11.6. The number of benzene rings is 2. The molecule has 0 saturated heterocycles. The van der Waals surface area contributed by atoms with Gasteiger partial charge in [-0.2, -0.15) is 0 Å². The molecule has 0 heterocycles. The minimum Gasteiger partial charge on any atom is -0.358 e. The number of carbonyl (C=O) groups excluding carboxylic acids is 2. The largest absolute Gasteiger partial charge is 0.358 e. The number of hydrogen-bond acceptors (Lipinski definition) is 2.